The summed E-state index contributed by atoms with van der Waals surface area (Å²) in [5.41, 5.74) is 2.19. The molecular weight excluding hydrogens is 178 g/mol. The zero-order valence-corrected chi connectivity index (χ0v) is 8.07. The van der Waals surface area contributed by atoms with Crippen LogP contribution in [-0.2, 0) is 0 Å². The van der Waals surface area contributed by atoms with Crippen LogP contribution in [-0.4, -0.2) is 4.98 Å². The molecule has 0 bridgehead atoms. The lowest BCUT2D eigenvalue weighted by Gasteiger charge is -2.05. The fourth-order valence-electron chi connectivity index (χ4n) is 1.14. The Morgan fingerprint density at radius 3 is 2.93 bits per heavy atom. The van der Waals surface area contributed by atoms with Gasteiger partial charge in [0.2, 0.25) is 0 Å². The molecule has 71 valence electrons. The first-order valence-corrected chi connectivity index (χ1v) is 4.33. The summed E-state index contributed by atoms with van der Waals surface area (Å²) in [5.74, 6) is 0.765. The maximum atomic E-state index is 5.42. The molecule has 14 heavy (non-hydrogen) atoms. The Kier molecular flexibility index (Phi) is 2.23. The molecule has 0 atom stereocenters. The lowest BCUT2D eigenvalue weighted by Crippen LogP contribution is -1.88. The minimum absolute atomic E-state index is 0.221. The Labute approximate surface area is 82.3 Å². The SMILES string of the molecule is Cc1ccc(C)c(Oc2nc[c]o2)c1. The molecule has 1 aromatic heterocycles. The summed E-state index contributed by atoms with van der Waals surface area (Å²) in [7, 11) is 0. The van der Waals surface area contributed by atoms with E-state index in [2.05, 4.69) is 11.2 Å². The topological polar surface area (TPSA) is 35.3 Å². The number of hydrogen-bond donors (Lipinski definition) is 0. The van der Waals surface area contributed by atoms with Crippen LogP contribution in [0, 0.1) is 20.1 Å². The van der Waals surface area contributed by atoms with Crippen molar-refractivity contribution < 1.29 is 9.15 Å². The Balaban J connectivity index is 2.28. The van der Waals surface area contributed by atoms with Crippen molar-refractivity contribution in [3.05, 3.63) is 41.8 Å². The van der Waals surface area contributed by atoms with Crippen LogP contribution < -0.4 is 4.74 Å². The zero-order chi connectivity index (χ0) is 9.97. The van der Waals surface area contributed by atoms with Gasteiger partial charge in [0.1, 0.15) is 5.75 Å². The van der Waals surface area contributed by atoms with Gasteiger partial charge in [-0.25, -0.2) is 0 Å². The molecule has 3 nitrogen and oxygen atoms in total. The second-order valence-electron chi connectivity index (χ2n) is 3.12. The van der Waals surface area contributed by atoms with E-state index < -0.39 is 0 Å². The van der Waals surface area contributed by atoms with Crippen LogP contribution in [0.5, 0.6) is 11.8 Å². The maximum Gasteiger partial charge on any atom is 0.399 e. The van der Waals surface area contributed by atoms with Gasteiger partial charge in [-0.15, -0.1) is 0 Å². The van der Waals surface area contributed by atoms with E-state index >= 15 is 0 Å². The van der Waals surface area contributed by atoms with E-state index in [9.17, 15) is 0 Å². The van der Waals surface area contributed by atoms with Gasteiger partial charge in [0, 0.05) is 0 Å². The van der Waals surface area contributed by atoms with E-state index in [1.807, 2.05) is 32.0 Å². The normalized spacial score (nSPS) is 10.1. The molecule has 2 rings (SSSR count). The fourth-order valence-corrected chi connectivity index (χ4v) is 1.14. The highest BCUT2D eigenvalue weighted by molar-refractivity contribution is 5.37. The second kappa shape index (κ2) is 3.54. The van der Waals surface area contributed by atoms with E-state index in [-0.39, 0.29) is 6.08 Å². The third kappa shape index (κ3) is 1.76. The third-order valence-electron chi connectivity index (χ3n) is 1.91. The Morgan fingerprint density at radius 2 is 2.21 bits per heavy atom. The van der Waals surface area contributed by atoms with Crippen molar-refractivity contribution in [3.8, 4) is 11.8 Å². The van der Waals surface area contributed by atoms with E-state index in [0.29, 0.717) is 0 Å². The van der Waals surface area contributed by atoms with Gasteiger partial charge in [0.05, 0.1) is 6.20 Å². The third-order valence-corrected chi connectivity index (χ3v) is 1.91. The monoisotopic (exact) mass is 188 g/mol. The standard InChI is InChI=1S/C11H10NO2/c1-8-3-4-9(2)10(7-8)14-11-12-5-6-13-11/h3-5,7H,1-2H3. The summed E-state index contributed by atoms with van der Waals surface area (Å²) < 4.78 is 10.3. The van der Waals surface area contributed by atoms with Gasteiger partial charge in [0.25, 0.3) is 0 Å². The average molecular weight is 188 g/mol. The molecule has 0 amide bonds. The van der Waals surface area contributed by atoms with E-state index in [1.165, 1.54) is 6.20 Å². The summed E-state index contributed by atoms with van der Waals surface area (Å²) in [6.45, 7) is 3.98. The number of oxazole rings is 1. The number of nitrogens with zero attached hydrogens (tertiary/aromatic N) is 1. The van der Waals surface area contributed by atoms with Crippen molar-refractivity contribution in [3.63, 3.8) is 0 Å². The summed E-state index contributed by atoms with van der Waals surface area (Å²) >= 11 is 0. The molecule has 0 saturated carbocycles. The van der Waals surface area contributed by atoms with Gasteiger partial charge in [-0.1, -0.05) is 12.1 Å². The molecule has 0 N–H and O–H groups in total. The lowest BCUT2D eigenvalue weighted by molar-refractivity contribution is 0.326. The molecular formula is C11H10NO2. The summed E-state index contributed by atoms with van der Waals surface area (Å²) in [6.07, 6.45) is 4.12. The first-order valence-electron chi connectivity index (χ1n) is 4.33. The molecule has 1 heterocycles. The first kappa shape index (κ1) is 8.81. The quantitative estimate of drug-likeness (QED) is 0.726. The molecule has 3 heteroatoms. The minimum Gasteiger partial charge on any atom is -0.411 e. The predicted octanol–water partition coefficient (Wildman–Crippen LogP) is 2.88. The molecule has 0 unspecified atom stereocenters. The summed E-state index contributed by atoms with van der Waals surface area (Å²) in [4.78, 5) is 3.84. The molecule has 0 spiro atoms. The van der Waals surface area contributed by atoms with Crippen molar-refractivity contribution in [1.82, 2.24) is 4.98 Å². The molecule has 0 aliphatic heterocycles. The second-order valence-corrected chi connectivity index (χ2v) is 3.12. The van der Waals surface area contributed by atoms with Gasteiger partial charge in [0.15, 0.2) is 6.26 Å². The number of rotatable bonds is 2. The number of benzene rings is 1. The smallest absolute Gasteiger partial charge is 0.399 e. The molecule has 0 fully saturated rings. The van der Waals surface area contributed by atoms with Crippen LogP contribution in [0.3, 0.4) is 0 Å². The van der Waals surface area contributed by atoms with Crippen molar-refractivity contribution in [2.45, 2.75) is 13.8 Å². The number of ether oxygens (including phenoxy) is 1. The van der Waals surface area contributed by atoms with Crippen LogP contribution in [0.4, 0.5) is 0 Å². The highest BCUT2D eigenvalue weighted by Gasteiger charge is 2.04. The molecule has 1 radical (unpaired) electrons. The number of aromatic nitrogens is 1. The summed E-state index contributed by atoms with van der Waals surface area (Å²) in [6, 6.07) is 5.97. The van der Waals surface area contributed by atoms with Crippen LogP contribution in [0.2, 0.25) is 0 Å². The largest absolute Gasteiger partial charge is 0.411 e. The van der Waals surface area contributed by atoms with Crippen molar-refractivity contribution in [2.24, 2.45) is 0 Å². The molecule has 1 aromatic carbocycles. The maximum absolute atomic E-state index is 5.42. The van der Waals surface area contributed by atoms with Crippen molar-refractivity contribution in [1.29, 1.82) is 0 Å². The average Bonchev–Trinajstić information content (AvgIpc) is 2.64. The number of aryl methyl sites for hydroxylation is 2. The Hall–Kier alpha value is -1.77. The van der Waals surface area contributed by atoms with Gasteiger partial charge in [-0.3, -0.25) is 0 Å². The zero-order valence-electron chi connectivity index (χ0n) is 8.07. The Bertz CT molecular complexity index is 421. The van der Waals surface area contributed by atoms with Gasteiger partial charge in [-0.05, 0) is 31.0 Å². The Morgan fingerprint density at radius 1 is 1.36 bits per heavy atom. The first-order chi connectivity index (χ1) is 6.75. The summed E-state index contributed by atoms with van der Waals surface area (Å²) in [5, 5.41) is 0. The fraction of sp³-hybridized carbons (Fsp3) is 0.182. The van der Waals surface area contributed by atoms with E-state index in [0.717, 1.165) is 16.9 Å². The minimum atomic E-state index is 0.221. The highest BCUT2D eigenvalue weighted by atomic mass is 16.6. The van der Waals surface area contributed by atoms with E-state index in [4.69, 9.17) is 9.15 Å². The molecule has 0 saturated heterocycles. The van der Waals surface area contributed by atoms with Crippen LogP contribution in [0.15, 0.2) is 28.8 Å². The molecule has 0 aliphatic rings. The van der Waals surface area contributed by atoms with Gasteiger partial charge < -0.3 is 9.15 Å². The highest BCUT2D eigenvalue weighted by Crippen LogP contribution is 2.24. The van der Waals surface area contributed by atoms with Gasteiger partial charge >= 0.3 is 6.08 Å². The van der Waals surface area contributed by atoms with E-state index in [1.54, 1.807) is 0 Å². The van der Waals surface area contributed by atoms with Crippen molar-refractivity contribution in [2.75, 3.05) is 0 Å². The van der Waals surface area contributed by atoms with Crippen molar-refractivity contribution >= 4 is 0 Å². The number of hydrogen-bond acceptors (Lipinski definition) is 3. The van der Waals surface area contributed by atoms with Gasteiger partial charge in [-0.2, -0.15) is 4.98 Å². The van der Waals surface area contributed by atoms with Crippen LogP contribution in [0.25, 0.3) is 0 Å². The van der Waals surface area contributed by atoms with Crippen LogP contribution >= 0.6 is 0 Å². The van der Waals surface area contributed by atoms with Crippen LogP contribution in [0.1, 0.15) is 11.1 Å². The molecule has 0 aliphatic carbocycles. The molecule has 2 aromatic rings. The lowest BCUT2D eigenvalue weighted by atomic mass is 10.1. The predicted molar refractivity (Wildman–Crippen MR) is 51.3 cm³/mol.